The van der Waals surface area contributed by atoms with Crippen molar-refractivity contribution in [2.24, 2.45) is 0 Å². The lowest BCUT2D eigenvalue weighted by atomic mass is 9.95. The van der Waals surface area contributed by atoms with Gasteiger partial charge in [-0.15, -0.1) is 0 Å². The Morgan fingerprint density at radius 1 is 1.00 bits per heavy atom. The summed E-state index contributed by atoms with van der Waals surface area (Å²) >= 11 is 0. The highest BCUT2D eigenvalue weighted by molar-refractivity contribution is 5.41. The Balaban J connectivity index is 2.58. The van der Waals surface area contributed by atoms with Crippen LogP contribution in [0.5, 0.6) is 0 Å². The van der Waals surface area contributed by atoms with E-state index in [2.05, 4.69) is 46.2 Å². The molecule has 0 spiro atoms. The zero-order chi connectivity index (χ0) is 11.3. The summed E-state index contributed by atoms with van der Waals surface area (Å²) < 4.78 is 0. The molecule has 0 saturated heterocycles. The summed E-state index contributed by atoms with van der Waals surface area (Å²) in [6, 6.07) is 4.48. The lowest BCUT2D eigenvalue weighted by Crippen LogP contribution is -1.93. The highest BCUT2D eigenvalue weighted by Gasteiger charge is 2.03. The number of unbranched alkanes of at least 4 members (excludes halogenated alkanes) is 3. The van der Waals surface area contributed by atoms with Crippen molar-refractivity contribution in [1.82, 2.24) is 0 Å². The van der Waals surface area contributed by atoms with Crippen molar-refractivity contribution < 1.29 is 0 Å². The molecule has 15 heavy (non-hydrogen) atoms. The van der Waals surface area contributed by atoms with Crippen LogP contribution in [0.15, 0.2) is 12.1 Å². The minimum atomic E-state index is 1.22. The van der Waals surface area contributed by atoms with E-state index in [0.717, 1.165) is 0 Å². The molecule has 1 aromatic carbocycles. The molecule has 1 rings (SSSR count). The Bertz CT molecular complexity index is 310. The first-order valence-electron chi connectivity index (χ1n) is 6.06. The van der Waals surface area contributed by atoms with E-state index < -0.39 is 0 Å². The number of aryl methyl sites for hydroxylation is 1. The molecule has 0 aliphatic rings. The van der Waals surface area contributed by atoms with E-state index in [-0.39, 0.29) is 0 Å². The molecule has 0 bridgehead atoms. The van der Waals surface area contributed by atoms with E-state index in [0.29, 0.717) is 0 Å². The van der Waals surface area contributed by atoms with Gasteiger partial charge in [-0.05, 0) is 55.9 Å². The van der Waals surface area contributed by atoms with E-state index in [1.54, 1.807) is 0 Å². The van der Waals surface area contributed by atoms with E-state index in [1.165, 1.54) is 47.9 Å². The predicted octanol–water partition coefficient (Wildman–Crippen LogP) is 4.74. The number of benzene rings is 1. The van der Waals surface area contributed by atoms with Gasteiger partial charge in [0.2, 0.25) is 0 Å². The van der Waals surface area contributed by atoms with Crippen LogP contribution in [0.25, 0.3) is 0 Å². The Hall–Kier alpha value is -0.780. The molecular formula is C15H23. The topological polar surface area (TPSA) is 0 Å². The molecular weight excluding hydrogens is 180 g/mol. The molecule has 1 radical (unpaired) electrons. The molecule has 0 aliphatic heterocycles. The van der Waals surface area contributed by atoms with Gasteiger partial charge in [0, 0.05) is 0 Å². The van der Waals surface area contributed by atoms with Gasteiger partial charge in [-0.2, -0.15) is 0 Å². The fraction of sp³-hybridized carbons (Fsp3) is 0.533. The average Bonchev–Trinajstić information content (AvgIpc) is 2.24. The molecule has 0 fully saturated rings. The normalized spacial score (nSPS) is 10.7. The zero-order valence-corrected chi connectivity index (χ0v) is 10.6. The number of hydrogen-bond donors (Lipinski definition) is 0. The summed E-state index contributed by atoms with van der Waals surface area (Å²) in [7, 11) is 0. The predicted molar refractivity (Wildman–Crippen MR) is 68.2 cm³/mol. The first kappa shape index (κ1) is 12.3. The van der Waals surface area contributed by atoms with E-state index in [9.17, 15) is 0 Å². The summed E-state index contributed by atoms with van der Waals surface area (Å²) in [5.74, 6) is 0. The van der Waals surface area contributed by atoms with Crippen molar-refractivity contribution in [3.63, 3.8) is 0 Å². The van der Waals surface area contributed by atoms with Gasteiger partial charge in [-0.25, -0.2) is 0 Å². The third-order valence-electron chi connectivity index (χ3n) is 3.27. The quantitative estimate of drug-likeness (QED) is 0.606. The maximum atomic E-state index is 2.39. The first-order valence-corrected chi connectivity index (χ1v) is 6.06. The molecule has 0 aliphatic carbocycles. The minimum Gasteiger partial charge on any atom is -0.0654 e. The van der Waals surface area contributed by atoms with Gasteiger partial charge in [0.05, 0.1) is 0 Å². The second-order valence-electron chi connectivity index (χ2n) is 4.42. The molecule has 0 heteroatoms. The molecule has 0 saturated carbocycles. The maximum Gasteiger partial charge on any atom is -0.00903 e. The van der Waals surface area contributed by atoms with Crippen LogP contribution in [0.2, 0.25) is 0 Å². The largest absolute Gasteiger partial charge is 0.0654 e. The highest BCUT2D eigenvalue weighted by atomic mass is 14.1. The standard InChI is InChI=1S/C15H23/c1-5-6-7-8-9-15-11-10-12(2)13(3)14(15)4/h9-11H,5-8H2,1-4H3. The van der Waals surface area contributed by atoms with Crippen LogP contribution in [0.1, 0.15) is 54.9 Å². The van der Waals surface area contributed by atoms with Crippen molar-refractivity contribution in [2.45, 2.75) is 53.4 Å². The minimum absolute atomic E-state index is 1.22. The molecule has 0 nitrogen and oxygen atoms in total. The Morgan fingerprint density at radius 2 is 1.73 bits per heavy atom. The molecule has 0 unspecified atom stereocenters. The van der Waals surface area contributed by atoms with Crippen LogP contribution in [-0.2, 0) is 0 Å². The van der Waals surface area contributed by atoms with Crippen molar-refractivity contribution in [1.29, 1.82) is 0 Å². The zero-order valence-electron chi connectivity index (χ0n) is 10.6. The van der Waals surface area contributed by atoms with Crippen LogP contribution in [-0.4, -0.2) is 0 Å². The summed E-state index contributed by atoms with van der Waals surface area (Å²) in [5.41, 5.74) is 5.72. The molecule has 0 aromatic heterocycles. The van der Waals surface area contributed by atoms with Gasteiger partial charge in [-0.3, -0.25) is 0 Å². The second-order valence-corrected chi connectivity index (χ2v) is 4.42. The van der Waals surface area contributed by atoms with Gasteiger partial charge in [0.15, 0.2) is 0 Å². The summed E-state index contributed by atoms with van der Waals surface area (Å²) in [6.45, 7) is 8.88. The van der Waals surface area contributed by atoms with Crippen molar-refractivity contribution in [2.75, 3.05) is 0 Å². The third kappa shape index (κ3) is 3.37. The third-order valence-corrected chi connectivity index (χ3v) is 3.27. The number of hydrogen-bond acceptors (Lipinski definition) is 0. The van der Waals surface area contributed by atoms with Gasteiger partial charge in [0.25, 0.3) is 0 Å². The highest BCUT2D eigenvalue weighted by Crippen LogP contribution is 2.20. The smallest absolute Gasteiger partial charge is 0.00903 e. The monoisotopic (exact) mass is 203 g/mol. The molecule has 0 amide bonds. The first-order chi connectivity index (χ1) is 7.16. The maximum absolute atomic E-state index is 2.39. The SMILES string of the molecule is CCCCC[CH]c1ccc(C)c(C)c1C. The van der Waals surface area contributed by atoms with Crippen molar-refractivity contribution >= 4 is 0 Å². The fourth-order valence-corrected chi connectivity index (χ4v) is 1.85. The summed E-state index contributed by atoms with van der Waals surface area (Å²) in [6.07, 6.45) is 7.58. The Morgan fingerprint density at radius 3 is 2.40 bits per heavy atom. The van der Waals surface area contributed by atoms with Gasteiger partial charge in [-0.1, -0.05) is 38.3 Å². The number of rotatable bonds is 5. The van der Waals surface area contributed by atoms with Crippen LogP contribution in [0.3, 0.4) is 0 Å². The van der Waals surface area contributed by atoms with Crippen LogP contribution < -0.4 is 0 Å². The van der Waals surface area contributed by atoms with E-state index in [4.69, 9.17) is 0 Å². The summed E-state index contributed by atoms with van der Waals surface area (Å²) in [4.78, 5) is 0. The van der Waals surface area contributed by atoms with Crippen molar-refractivity contribution in [3.05, 3.63) is 40.8 Å². The fourth-order valence-electron chi connectivity index (χ4n) is 1.85. The van der Waals surface area contributed by atoms with Crippen LogP contribution in [0, 0.1) is 27.2 Å². The second kappa shape index (κ2) is 5.95. The van der Waals surface area contributed by atoms with Gasteiger partial charge >= 0.3 is 0 Å². The van der Waals surface area contributed by atoms with E-state index in [1.807, 2.05) is 0 Å². The Labute approximate surface area is 94.7 Å². The van der Waals surface area contributed by atoms with Crippen LogP contribution in [0.4, 0.5) is 0 Å². The average molecular weight is 203 g/mol. The van der Waals surface area contributed by atoms with Gasteiger partial charge in [0.1, 0.15) is 0 Å². The molecule has 0 atom stereocenters. The van der Waals surface area contributed by atoms with Crippen molar-refractivity contribution in [3.8, 4) is 0 Å². The molecule has 83 valence electrons. The molecule has 0 N–H and O–H groups in total. The Kier molecular flexibility index (Phi) is 4.87. The molecule has 1 aromatic rings. The lowest BCUT2D eigenvalue weighted by molar-refractivity contribution is 0.714. The summed E-state index contributed by atoms with van der Waals surface area (Å²) in [5, 5.41) is 0. The lowest BCUT2D eigenvalue weighted by Gasteiger charge is -2.10. The van der Waals surface area contributed by atoms with Crippen LogP contribution >= 0.6 is 0 Å². The van der Waals surface area contributed by atoms with Gasteiger partial charge < -0.3 is 0 Å². The van der Waals surface area contributed by atoms with E-state index >= 15 is 0 Å². The molecule has 0 heterocycles.